The average Bonchev–Trinajstić information content (AvgIpc) is 3.24. The van der Waals surface area contributed by atoms with Crippen LogP contribution in [0.4, 0.5) is 5.69 Å². The molecule has 0 spiro atoms. The van der Waals surface area contributed by atoms with Gasteiger partial charge in [0.15, 0.2) is 0 Å². The Labute approximate surface area is 221 Å². The van der Waals surface area contributed by atoms with Crippen molar-refractivity contribution in [2.45, 2.75) is 44.9 Å². The summed E-state index contributed by atoms with van der Waals surface area (Å²) < 4.78 is 0. The van der Waals surface area contributed by atoms with Gasteiger partial charge in [-0.3, -0.25) is 0 Å². The molecule has 1 nitrogen and oxygen atoms in total. The smallest absolute Gasteiger partial charge is 0.0447 e. The molecule has 0 aromatic heterocycles. The van der Waals surface area contributed by atoms with Crippen molar-refractivity contribution in [3.05, 3.63) is 143 Å². The van der Waals surface area contributed by atoms with E-state index in [-0.39, 0.29) is 10.8 Å². The molecule has 0 N–H and O–H groups in total. The highest BCUT2D eigenvalue weighted by molar-refractivity contribution is 5.99. The third kappa shape index (κ3) is 3.60. The monoisotopic (exact) mass is 481 g/mol. The maximum Gasteiger partial charge on any atom is 0.0447 e. The van der Waals surface area contributed by atoms with E-state index in [1.807, 2.05) is 0 Å². The van der Waals surface area contributed by atoms with Gasteiger partial charge < -0.3 is 4.90 Å². The van der Waals surface area contributed by atoms with Crippen molar-refractivity contribution in [1.29, 1.82) is 0 Å². The van der Waals surface area contributed by atoms with E-state index >= 15 is 0 Å². The van der Waals surface area contributed by atoms with E-state index in [4.69, 9.17) is 0 Å². The number of benzene rings is 4. The van der Waals surface area contributed by atoms with E-state index in [2.05, 4.69) is 149 Å². The van der Waals surface area contributed by atoms with Gasteiger partial charge in [-0.1, -0.05) is 118 Å². The molecule has 2 aliphatic rings. The lowest BCUT2D eigenvalue weighted by Crippen LogP contribution is -2.25. The Bertz CT molecular complexity index is 1600. The predicted molar refractivity (Wildman–Crippen MR) is 159 cm³/mol. The van der Waals surface area contributed by atoms with Crippen LogP contribution in [-0.4, -0.2) is 7.05 Å². The van der Waals surface area contributed by atoms with E-state index in [0.717, 1.165) is 6.42 Å². The Morgan fingerprint density at radius 1 is 0.757 bits per heavy atom. The van der Waals surface area contributed by atoms with Crippen LogP contribution in [0.2, 0.25) is 0 Å². The zero-order chi connectivity index (χ0) is 25.8. The molecule has 1 atom stereocenters. The van der Waals surface area contributed by atoms with Crippen molar-refractivity contribution in [1.82, 2.24) is 0 Å². The first-order chi connectivity index (χ1) is 17.8. The number of hydrogen-bond acceptors (Lipinski definition) is 1. The number of nitrogens with zero attached hydrogens (tertiary/aromatic N) is 1. The maximum absolute atomic E-state index is 2.43. The van der Waals surface area contributed by atoms with Crippen LogP contribution in [0.15, 0.2) is 120 Å². The van der Waals surface area contributed by atoms with E-state index in [9.17, 15) is 0 Å². The molecule has 0 amide bonds. The topological polar surface area (TPSA) is 3.24 Å². The summed E-state index contributed by atoms with van der Waals surface area (Å²) in [5, 5.41) is 2.66. The molecular formula is C36H35N. The normalized spacial score (nSPS) is 21.3. The number of fused-ring (bicyclic) bond motifs is 4. The minimum absolute atomic E-state index is 0.0265. The zero-order valence-electron chi connectivity index (χ0n) is 22.5. The van der Waals surface area contributed by atoms with Crippen LogP contribution >= 0.6 is 0 Å². The number of allylic oxidation sites excluding steroid dienone is 6. The third-order valence-electron chi connectivity index (χ3n) is 8.75. The minimum Gasteiger partial charge on any atom is -0.347 e. The molecule has 0 radical (unpaired) electrons. The van der Waals surface area contributed by atoms with E-state index in [1.54, 1.807) is 0 Å². The highest BCUT2D eigenvalue weighted by Gasteiger charge is 2.40. The highest BCUT2D eigenvalue weighted by atomic mass is 15.2. The second-order valence-corrected chi connectivity index (χ2v) is 11.4. The number of rotatable bonds is 4. The molecule has 1 heteroatoms. The van der Waals surface area contributed by atoms with Gasteiger partial charge in [0.25, 0.3) is 0 Å². The average molecular weight is 482 g/mol. The first kappa shape index (κ1) is 23.6. The first-order valence-corrected chi connectivity index (χ1v) is 13.3. The van der Waals surface area contributed by atoms with E-state index < -0.39 is 0 Å². The predicted octanol–water partition coefficient (Wildman–Crippen LogP) is 9.00. The number of hydrogen-bond donors (Lipinski definition) is 0. The van der Waals surface area contributed by atoms with Crippen molar-refractivity contribution < 1.29 is 0 Å². The molecule has 4 aromatic rings. The van der Waals surface area contributed by atoms with Crippen molar-refractivity contribution in [3.63, 3.8) is 0 Å². The highest BCUT2D eigenvalue weighted by Crippen LogP contribution is 2.51. The SMILES string of the molecule is CC1=C(/C=C/C=C2/N(C)c3ccccc3C2(C)C)C(C)(Cc2ccccc2)c2ccc3ccccc3c21. The molecule has 0 bridgehead atoms. The zero-order valence-corrected chi connectivity index (χ0v) is 22.5. The molecule has 184 valence electrons. The Balaban J connectivity index is 1.47. The fourth-order valence-corrected chi connectivity index (χ4v) is 6.87. The van der Waals surface area contributed by atoms with E-state index in [0.29, 0.717) is 0 Å². The fourth-order valence-electron chi connectivity index (χ4n) is 6.87. The molecule has 1 aliphatic heterocycles. The lowest BCUT2D eigenvalue weighted by Gasteiger charge is -2.29. The molecular weight excluding hydrogens is 446 g/mol. The summed E-state index contributed by atoms with van der Waals surface area (Å²) in [6.07, 6.45) is 7.97. The van der Waals surface area contributed by atoms with Gasteiger partial charge in [-0.25, -0.2) is 0 Å². The van der Waals surface area contributed by atoms with E-state index in [1.165, 1.54) is 55.6 Å². The first-order valence-electron chi connectivity index (χ1n) is 13.3. The lowest BCUT2D eigenvalue weighted by atomic mass is 9.74. The molecule has 0 saturated heterocycles. The Morgan fingerprint density at radius 2 is 1.46 bits per heavy atom. The van der Waals surface area contributed by atoms with Crippen molar-refractivity contribution in [3.8, 4) is 0 Å². The van der Waals surface area contributed by atoms with Gasteiger partial charge in [0.1, 0.15) is 0 Å². The van der Waals surface area contributed by atoms with Gasteiger partial charge in [-0.2, -0.15) is 0 Å². The Kier molecular flexibility index (Phi) is 5.49. The van der Waals surface area contributed by atoms with Crippen LogP contribution in [-0.2, 0) is 17.3 Å². The summed E-state index contributed by atoms with van der Waals surface area (Å²) in [6, 6.07) is 33.2. The molecule has 0 saturated carbocycles. The summed E-state index contributed by atoms with van der Waals surface area (Å²) >= 11 is 0. The van der Waals surface area contributed by atoms with Crippen LogP contribution in [0.5, 0.6) is 0 Å². The summed E-state index contributed by atoms with van der Waals surface area (Å²) in [5.41, 5.74) is 10.9. The van der Waals surface area contributed by atoms with Gasteiger partial charge in [-0.15, -0.1) is 0 Å². The van der Waals surface area contributed by atoms with Gasteiger partial charge in [0.2, 0.25) is 0 Å². The molecule has 1 aliphatic carbocycles. The number of likely N-dealkylation sites (N-methyl/N-ethyl adjacent to an activating group) is 1. The molecule has 6 rings (SSSR count). The minimum atomic E-state index is -0.0974. The van der Waals surface area contributed by atoms with Crippen molar-refractivity contribution in [2.24, 2.45) is 0 Å². The van der Waals surface area contributed by atoms with Crippen molar-refractivity contribution in [2.75, 3.05) is 11.9 Å². The fraction of sp³-hybridized carbons (Fsp3) is 0.222. The Hall–Kier alpha value is -3.84. The molecule has 37 heavy (non-hydrogen) atoms. The Morgan fingerprint density at radius 3 is 2.24 bits per heavy atom. The number of para-hydroxylation sites is 1. The van der Waals surface area contributed by atoms with Gasteiger partial charge in [-0.05, 0) is 69.7 Å². The third-order valence-corrected chi connectivity index (χ3v) is 8.75. The summed E-state index contributed by atoms with van der Waals surface area (Å²) in [5.74, 6) is 0. The second kappa shape index (κ2) is 8.63. The summed E-state index contributed by atoms with van der Waals surface area (Å²) in [4.78, 5) is 2.35. The maximum atomic E-state index is 2.43. The molecule has 1 unspecified atom stereocenters. The van der Waals surface area contributed by atoms with Crippen LogP contribution in [0, 0.1) is 0 Å². The quantitative estimate of drug-likeness (QED) is 0.281. The van der Waals surface area contributed by atoms with Crippen LogP contribution < -0.4 is 4.90 Å². The van der Waals surface area contributed by atoms with Gasteiger partial charge in [0, 0.05) is 29.3 Å². The molecule has 4 aromatic carbocycles. The van der Waals surface area contributed by atoms with Crippen molar-refractivity contribution >= 4 is 22.0 Å². The second-order valence-electron chi connectivity index (χ2n) is 11.4. The molecule has 1 heterocycles. The van der Waals surface area contributed by atoms with Crippen LogP contribution in [0.25, 0.3) is 16.3 Å². The van der Waals surface area contributed by atoms with Crippen LogP contribution in [0.1, 0.15) is 49.9 Å². The lowest BCUT2D eigenvalue weighted by molar-refractivity contribution is 0.578. The number of anilines is 1. The van der Waals surface area contributed by atoms with Gasteiger partial charge in [0.05, 0.1) is 0 Å². The molecule has 0 fully saturated rings. The van der Waals surface area contributed by atoms with Gasteiger partial charge >= 0.3 is 0 Å². The largest absolute Gasteiger partial charge is 0.347 e. The summed E-state index contributed by atoms with van der Waals surface area (Å²) in [7, 11) is 2.19. The standard InChI is InChI=1S/C36H35N/c1-25-29(19-13-21-33-35(2,3)30-18-11-12-20-32(30)37(33)5)36(4,24-26-14-7-6-8-15-26)31-23-22-27-16-9-10-17-28(27)34(25)31/h6-23H,24H2,1-5H3/b19-13+,33-21+. The van der Waals surface area contributed by atoms with Crippen LogP contribution in [0.3, 0.4) is 0 Å². The summed E-state index contributed by atoms with van der Waals surface area (Å²) in [6.45, 7) is 9.40.